The lowest BCUT2D eigenvalue weighted by molar-refractivity contribution is -0.133. The molecule has 1 heterocycles. The first-order valence-corrected chi connectivity index (χ1v) is 5.32. The molecule has 0 saturated carbocycles. The lowest BCUT2D eigenvalue weighted by Gasteiger charge is -2.27. The molecule has 0 spiro atoms. The van der Waals surface area contributed by atoms with Gasteiger partial charge in [0, 0.05) is 0 Å². The maximum absolute atomic E-state index is 13.1. The van der Waals surface area contributed by atoms with Crippen LogP contribution in [0, 0.1) is 12.7 Å². The summed E-state index contributed by atoms with van der Waals surface area (Å²) in [4.78, 5) is 0. The number of hydrogen-bond acceptors (Lipinski definition) is 3. The normalized spacial score (nSPS) is 23.1. The third-order valence-corrected chi connectivity index (χ3v) is 2.72. The summed E-state index contributed by atoms with van der Waals surface area (Å²) < 4.78 is 23.7. The number of rotatable bonds is 2. The average molecular weight is 226 g/mol. The molecule has 1 fully saturated rings. The standard InChI is InChI=1S/C12H15FO3/c1-8-6-9(2-3-10(8)13)12(14)11-7-15-4-5-16-11/h2-3,6,11-12,14H,4-5,7H2,1H3. The summed E-state index contributed by atoms with van der Waals surface area (Å²) in [7, 11) is 0. The molecule has 2 unspecified atom stereocenters. The Morgan fingerprint density at radius 1 is 1.44 bits per heavy atom. The third kappa shape index (κ3) is 2.40. The summed E-state index contributed by atoms with van der Waals surface area (Å²) in [5.74, 6) is -0.267. The van der Waals surface area contributed by atoms with Gasteiger partial charge in [-0.15, -0.1) is 0 Å². The highest BCUT2D eigenvalue weighted by Gasteiger charge is 2.24. The van der Waals surface area contributed by atoms with Crippen molar-refractivity contribution in [1.82, 2.24) is 0 Å². The van der Waals surface area contributed by atoms with Crippen molar-refractivity contribution in [2.45, 2.75) is 19.1 Å². The van der Waals surface area contributed by atoms with Gasteiger partial charge in [-0.1, -0.05) is 12.1 Å². The van der Waals surface area contributed by atoms with Gasteiger partial charge >= 0.3 is 0 Å². The van der Waals surface area contributed by atoms with E-state index in [2.05, 4.69) is 0 Å². The van der Waals surface area contributed by atoms with E-state index in [9.17, 15) is 9.50 Å². The lowest BCUT2D eigenvalue weighted by Crippen LogP contribution is -2.33. The van der Waals surface area contributed by atoms with Crippen LogP contribution in [0.5, 0.6) is 0 Å². The summed E-state index contributed by atoms with van der Waals surface area (Å²) in [5.41, 5.74) is 1.18. The van der Waals surface area contributed by atoms with Gasteiger partial charge in [0.05, 0.1) is 19.8 Å². The zero-order chi connectivity index (χ0) is 11.5. The van der Waals surface area contributed by atoms with E-state index in [4.69, 9.17) is 9.47 Å². The summed E-state index contributed by atoms with van der Waals surface area (Å²) in [5, 5.41) is 10.0. The molecule has 1 aromatic rings. The van der Waals surface area contributed by atoms with E-state index in [1.165, 1.54) is 6.07 Å². The molecule has 1 aliphatic rings. The molecule has 0 bridgehead atoms. The largest absolute Gasteiger partial charge is 0.386 e. The molecule has 88 valence electrons. The van der Waals surface area contributed by atoms with Crippen molar-refractivity contribution in [2.75, 3.05) is 19.8 Å². The summed E-state index contributed by atoms with van der Waals surface area (Å²) in [6.45, 7) is 3.09. The second-order valence-corrected chi connectivity index (χ2v) is 3.94. The molecule has 0 amide bonds. The third-order valence-electron chi connectivity index (χ3n) is 2.72. The van der Waals surface area contributed by atoms with Crippen molar-refractivity contribution in [3.63, 3.8) is 0 Å². The first-order chi connectivity index (χ1) is 7.68. The maximum atomic E-state index is 13.1. The lowest BCUT2D eigenvalue weighted by atomic mass is 10.0. The Balaban J connectivity index is 2.12. The number of aliphatic hydroxyl groups excluding tert-OH is 1. The smallest absolute Gasteiger partial charge is 0.126 e. The van der Waals surface area contributed by atoms with Crippen LogP contribution < -0.4 is 0 Å². The first-order valence-electron chi connectivity index (χ1n) is 5.32. The zero-order valence-corrected chi connectivity index (χ0v) is 9.15. The van der Waals surface area contributed by atoms with Gasteiger partial charge in [-0.3, -0.25) is 0 Å². The van der Waals surface area contributed by atoms with E-state index in [0.717, 1.165) is 0 Å². The minimum atomic E-state index is -0.764. The number of ether oxygens (including phenoxy) is 2. The van der Waals surface area contributed by atoms with Gasteiger partial charge in [-0.2, -0.15) is 0 Å². The second kappa shape index (κ2) is 4.91. The molecular weight excluding hydrogens is 211 g/mol. The number of aryl methyl sites for hydroxylation is 1. The van der Waals surface area contributed by atoms with E-state index in [-0.39, 0.29) is 11.9 Å². The van der Waals surface area contributed by atoms with Crippen molar-refractivity contribution in [2.24, 2.45) is 0 Å². The Hall–Kier alpha value is -0.970. The number of benzene rings is 1. The molecule has 2 rings (SSSR count). The predicted octanol–water partition coefficient (Wildman–Crippen LogP) is 1.58. The molecule has 1 aliphatic heterocycles. The van der Waals surface area contributed by atoms with Crippen molar-refractivity contribution in [3.8, 4) is 0 Å². The quantitative estimate of drug-likeness (QED) is 0.832. The van der Waals surface area contributed by atoms with Crippen LogP contribution in [0.25, 0.3) is 0 Å². The highest BCUT2D eigenvalue weighted by molar-refractivity contribution is 5.26. The van der Waals surface area contributed by atoms with Gasteiger partial charge in [0.1, 0.15) is 18.0 Å². The Bertz CT molecular complexity index is 361. The second-order valence-electron chi connectivity index (χ2n) is 3.94. The predicted molar refractivity (Wildman–Crippen MR) is 56.7 cm³/mol. The molecular formula is C12H15FO3. The number of hydrogen-bond donors (Lipinski definition) is 1. The van der Waals surface area contributed by atoms with Crippen LogP contribution in [0.15, 0.2) is 18.2 Å². The van der Waals surface area contributed by atoms with E-state index in [1.54, 1.807) is 19.1 Å². The maximum Gasteiger partial charge on any atom is 0.126 e. The minimum absolute atomic E-state index is 0.267. The SMILES string of the molecule is Cc1cc(C(O)C2COCCO2)ccc1F. The van der Waals surface area contributed by atoms with Crippen molar-refractivity contribution in [1.29, 1.82) is 0 Å². The fourth-order valence-electron chi connectivity index (χ4n) is 1.75. The summed E-state index contributed by atoms with van der Waals surface area (Å²) in [6.07, 6.45) is -1.13. The Morgan fingerprint density at radius 3 is 2.88 bits per heavy atom. The summed E-state index contributed by atoms with van der Waals surface area (Å²) in [6, 6.07) is 4.57. The fraction of sp³-hybridized carbons (Fsp3) is 0.500. The van der Waals surface area contributed by atoms with Gasteiger partial charge in [0.15, 0.2) is 0 Å². The van der Waals surface area contributed by atoms with Crippen LogP contribution >= 0.6 is 0 Å². The number of aliphatic hydroxyl groups is 1. The molecule has 0 aromatic heterocycles. The minimum Gasteiger partial charge on any atom is -0.386 e. The van der Waals surface area contributed by atoms with Crippen LogP contribution in [0.2, 0.25) is 0 Å². The van der Waals surface area contributed by atoms with E-state index >= 15 is 0 Å². The summed E-state index contributed by atoms with van der Waals surface area (Å²) >= 11 is 0. The Labute approximate surface area is 93.8 Å². The van der Waals surface area contributed by atoms with E-state index in [0.29, 0.717) is 30.9 Å². The molecule has 1 N–H and O–H groups in total. The monoisotopic (exact) mass is 226 g/mol. The number of halogens is 1. The Kier molecular flexibility index (Phi) is 3.53. The van der Waals surface area contributed by atoms with Gasteiger partial charge in [-0.25, -0.2) is 4.39 Å². The Morgan fingerprint density at radius 2 is 2.25 bits per heavy atom. The van der Waals surface area contributed by atoms with Gasteiger partial charge in [0.25, 0.3) is 0 Å². The van der Waals surface area contributed by atoms with Crippen LogP contribution in [0.1, 0.15) is 17.2 Å². The molecule has 1 saturated heterocycles. The van der Waals surface area contributed by atoms with Crippen molar-refractivity contribution in [3.05, 3.63) is 35.1 Å². The molecule has 3 nitrogen and oxygen atoms in total. The van der Waals surface area contributed by atoms with E-state index < -0.39 is 6.10 Å². The highest BCUT2D eigenvalue weighted by atomic mass is 19.1. The van der Waals surface area contributed by atoms with Crippen molar-refractivity contribution >= 4 is 0 Å². The van der Waals surface area contributed by atoms with Gasteiger partial charge < -0.3 is 14.6 Å². The topological polar surface area (TPSA) is 38.7 Å². The average Bonchev–Trinajstić information content (AvgIpc) is 2.33. The van der Waals surface area contributed by atoms with Crippen LogP contribution in [-0.4, -0.2) is 31.0 Å². The fourth-order valence-corrected chi connectivity index (χ4v) is 1.75. The van der Waals surface area contributed by atoms with Crippen LogP contribution in [0.3, 0.4) is 0 Å². The highest BCUT2D eigenvalue weighted by Crippen LogP contribution is 2.23. The van der Waals surface area contributed by atoms with Crippen LogP contribution in [-0.2, 0) is 9.47 Å². The van der Waals surface area contributed by atoms with Crippen LogP contribution in [0.4, 0.5) is 4.39 Å². The van der Waals surface area contributed by atoms with Gasteiger partial charge in [0.2, 0.25) is 0 Å². The molecule has 0 aliphatic carbocycles. The first kappa shape index (κ1) is 11.5. The van der Waals surface area contributed by atoms with Gasteiger partial charge in [-0.05, 0) is 24.1 Å². The molecule has 2 atom stereocenters. The van der Waals surface area contributed by atoms with Crippen molar-refractivity contribution < 1.29 is 19.0 Å². The molecule has 16 heavy (non-hydrogen) atoms. The molecule has 0 radical (unpaired) electrons. The molecule has 4 heteroatoms. The zero-order valence-electron chi connectivity index (χ0n) is 9.15. The van der Waals surface area contributed by atoms with E-state index in [1.807, 2.05) is 0 Å². The molecule has 1 aromatic carbocycles.